The number of likely N-dealkylation sites (tertiary alicyclic amines) is 1. The Kier molecular flexibility index (Phi) is 11.6. The standard InChI is InChI=1S/C32H45N5O7.CH3F/c1-17-15-37(26(32(17,5)6)29(42)35-21(23(39)16-38)13-18-11-12-33-27(18)40)30(43)25(31(2,3)4)36-28(41)22-14-19-20(34-22)9-8-10-24(19)44-7;1-2/h8-10,14,17-18,21,25-26,34,38H,11-13,15-16H2,1-7H3,(H,33,40)(H,35,42)(H,36,41);1H3/t17-,18+,21+,25-,26-;/m1./s1. The van der Waals surface area contributed by atoms with Gasteiger partial charge in [-0.1, -0.05) is 47.6 Å². The molecular weight excluding hydrogens is 597 g/mol. The molecule has 0 unspecified atom stereocenters. The first-order chi connectivity index (χ1) is 21.6. The van der Waals surface area contributed by atoms with E-state index in [1.54, 1.807) is 19.2 Å². The van der Waals surface area contributed by atoms with Gasteiger partial charge in [0.1, 0.15) is 30.1 Å². The average Bonchev–Trinajstić information content (AvgIpc) is 3.70. The highest BCUT2D eigenvalue weighted by Gasteiger charge is 2.54. The summed E-state index contributed by atoms with van der Waals surface area (Å²) in [6.07, 6.45) is 0.584. The molecule has 46 heavy (non-hydrogen) atoms. The van der Waals surface area contributed by atoms with E-state index in [4.69, 9.17) is 4.74 Å². The molecule has 2 aliphatic heterocycles. The van der Waals surface area contributed by atoms with Crippen LogP contribution in [0.4, 0.5) is 4.39 Å². The van der Waals surface area contributed by atoms with Crippen LogP contribution in [0.25, 0.3) is 10.9 Å². The summed E-state index contributed by atoms with van der Waals surface area (Å²) < 4.78 is 14.9. The van der Waals surface area contributed by atoms with Crippen molar-refractivity contribution in [2.75, 3.05) is 34.0 Å². The number of aromatic nitrogens is 1. The first kappa shape index (κ1) is 36.5. The number of benzene rings is 1. The molecule has 0 bridgehead atoms. The monoisotopic (exact) mass is 645 g/mol. The smallest absolute Gasteiger partial charge is 0.268 e. The van der Waals surface area contributed by atoms with Crippen LogP contribution >= 0.6 is 0 Å². The van der Waals surface area contributed by atoms with Gasteiger partial charge in [0.25, 0.3) is 5.91 Å². The predicted octanol–water partition coefficient (Wildman–Crippen LogP) is 2.35. The number of ether oxygens (including phenoxy) is 1. The maximum Gasteiger partial charge on any atom is 0.268 e. The van der Waals surface area contributed by atoms with Gasteiger partial charge in [-0.2, -0.15) is 0 Å². The summed E-state index contributed by atoms with van der Waals surface area (Å²) in [5.74, 6) is -2.19. The minimum atomic E-state index is -1.08. The zero-order chi connectivity index (χ0) is 34.6. The minimum Gasteiger partial charge on any atom is -0.496 e. The summed E-state index contributed by atoms with van der Waals surface area (Å²) in [7, 11) is 2.05. The molecule has 12 nitrogen and oxygen atoms in total. The molecule has 2 aromatic rings. The number of nitrogens with zero attached hydrogens (tertiary/aromatic N) is 1. The van der Waals surface area contributed by atoms with Crippen LogP contribution < -0.4 is 20.7 Å². The summed E-state index contributed by atoms with van der Waals surface area (Å²) >= 11 is 0. The van der Waals surface area contributed by atoms with Crippen LogP contribution in [0.1, 0.15) is 64.9 Å². The Bertz CT molecular complexity index is 1450. The van der Waals surface area contributed by atoms with Gasteiger partial charge in [0.05, 0.1) is 20.3 Å². The van der Waals surface area contributed by atoms with Crippen molar-refractivity contribution in [1.82, 2.24) is 25.8 Å². The summed E-state index contributed by atoms with van der Waals surface area (Å²) in [5.41, 5.74) is -0.435. The molecule has 3 heterocycles. The largest absolute Gasteiger partial charge is 0.496 e. The van der Waals surface area contributed by atoms with Crippen molar-refractivity contribution >= 4 is 40.3 Å². The van der Waals surface area contributed by atoms with Gasteiger partial charge in [0.15, 0.2) is 5.78 Å². The molecule has 0 spiro atoms. The van der Waals surface area contributed by atoms with Crippen molar-refractivity contribution in [3.63, 3.8) is 0 Å². The molecule has 5 atom stereocenters. The molecule has 1 aromatic heterocycles. The normalized spacial score (nSPS) is 21.9. The number of H-pyrrole nitrogens is 1. The fraction of sp³-hybridized carbons (Fsp3) is 0.606. The molecule has 2 aliphatic rings. The van der Waals surface area contributed by atoms with Gasteiger partial charge in [-0.05, 0) is 47.8 Å². The van der Waals surface area contributed by atoms with E-state index in [9.17, 15) is 33.5 Å². The van der Waals surface area contributed by atoms with Crippen molar-refractivity contribution in [2.24, 2.45) is 22.7 Å². The zero-order valence-electron chi connectivity index (χ0n) is 28.0. The number of aliphatic hydroxyl groups is 1. The van der Waals surface area contributed by atoms with E-state index < -0.39 is 65.0 Å². The number of amides is 4. The molecule has 5 N–H and O–H groups in total. The van der Waals surface area contributed by atoms with Crippen LogP contribution in [-0.4, -0.2) is 96.5 Å². The van der Waals surface area contributed by atoms with E-state index in [-0.39, 0.29) is 30.5 Å². The Hall–Kier alpha value is -4.00. The van der Waals surface area contributed by atoms with E-state index in [0.29, 0.717) is 31.4 Å². The van der Waals surface area contributed by atoms with E-state index in [0.717, 1.165) is 5.39 Å². The lowest BCUT2D eigenvalue weighted by molar-refractivity contribution is -0.144. The molecule has 0 radical (unpaired) electrons. The molecule has 2 saturated heterocycles. The Morgan fingerprint density at radius 2 is 1.85 bits per heavy atom. The van der Waals surface area contributed by atoms with Crippen LogP contribution in [0.3, 0.4) is 0 Å². The number of carbonyl (C=O) groups is 5. The Morgan fingerprint density at radius 1 is 1.17 bits per heavy atom. The molecule has 4 rings (SSSR count). The fourth-order valence-electron chi connectivity index (χ4n) is 6.24. The summed E-state index contributed by atoms with van der Waals surface area (Å²) in [4.78, 5) is 71.2. The Labute approximate surface area is 269 Å². The van der Waals surface area contributed by atoms with Gasteiger partial charge < -0.3 is 35.7 Å². The van der Waals surface area contributed by atoms with Gasteiger partial charge in [-0.15, -0.1) is 0 Å². The van der Waals surface area contributed by atoms with E-state index in [2.05, 4.69) is 20.9 Å². The number of Topliss-reactive ketones (excluding diaryl/α,β-unsaturated/α-hetero) is 1. The highest BCUT2D eigenvalue weighted by atomic mass is 19.1. The highest BCUT2D eigenvalue weighted by molar-refractivity contribution is 6.02. The van der Waals surface area contributed by atoms with Gasteiger partial charge in [-0.25, -0.2) is 0 Å². The number of hydrogen-bond acceptors (Lipinski definition) is 7. The van der Waals surface area contributed by atoms with Crippen molar-refractivity contribution in [3.05, 3.63) is 30.0 Å². The number of methoxy groups -OCH3 is 1. The van der Waals surface area contributed by atoms with Crippen molar-refractivity contribution < 1.29 is 38.2 Å². The lowest BCUT2D eigenvalue weighted by atomic mass is 9.77. The van der Waals surface area contributed by atoms with Gasteiger partial charge in [-0.3, -0.25) is 28.4 Å². The number of halogens is 1. The Balaban J connectivity index is 0.00000282. The van der Waals surface area contributed by atoms with E-state index in [1.165, 1.54) is 4.90 Å². The Morgan fingerprint density at radius 3 is 2.41 bits per heavy atom. The maximum atomic E-state index is 14.3. The van der Waals surface area contributed by atoms with Gasteiger partial charge in [0, 0.05) is 29.9 Å². The van der Waals surface area contributed by atoms with Gasteiger partial charge >= 0.3 is 0 Å². The molecule has 254 valence electrons. The van der Waals surface area contributed by atoms with Crippen LogP contribution in [0.15, 0.2) is 24.3 Å². The summed E-state index contributed by atoms with van der Waals surface area (Å²) in [5, 5.41) is 18.7. The van der Waals surface area contributed by atoms with E-state index >= 15 is 0 Å². The number of aromatic amines is 1. The molecular formula is C33H48FN5O7. The molecule has 13 heteroatoms. The van der Waals surface area contributed by atoms with Crippen LogP contribution in [-0.2, 0) is 19.2 Å². The number of rotatable bonds is 10. The summed E-state index contributed by atoms with van der Waals surface area (Å²) in [6.45, 7) is 11.2. The third-order valence-electron chi connectivity index (χ3n) is 9.31. The van der Waals surface area contributed by atoms with E-state index in [1.807, 2.05) is 53.7 Å². The number of ketones is 1. The predicted molar refractivity (Wildman–Crippen MR) is 171 cm³/mol. The summed E-state index contributed by atoms with van der Waals surface area (Å²) in [6, 6.07) is 4.07. The van der Waals surface area contributed by atoms with Gasteiger partial charge in [0.2, 0.25) is 17.7 Å². The maximum absolute atomic E-state index is 14.3. The molecule has 2 fully saturated rings. The quantitative estimate of drug-likeness (QED) is 0.264. The number of aliphatic hydroxyl groups excluding tert-OH is 1. The number of hydrogen-bond donors (Lipinski definition) is 5. The second-order valence-corrected chi connectivity index (χ2v) is 13.7. The topological polar surface area (TPSA) is 170 Å². The second kappa shape index (κ2) is 14.6. The third kappa shape index (κ3) is 7.51. The first-order valence-corrected chi connectivity index (χ1v) is 15.5. The number of carbonyl (C=O) groups excluding carboxylic acids is 5. The molecule has 0 saturated carbocycles. The van der Waals surface area contributed by atoms with Crippen molar-refractivity contribution in [1.29, 1.82) is 0 Å². The average molecular weight is 646 g/mol. The zero-order valence-corrected chi connectivity index (χ0v) is 28.0. The number of nitrogens with one attached hydrogen (secondary N) is 4. The lowest BCUT2D eigenvalue weighted by Gasteiger charge is -2.38. The van der Waals surface area contributed by atoms with Crippen LogP contribution in [0.2, 0.25) is 0 Å². The lowest BCUT2D eigenvalue weighted by Crippen LogP contribution is -2.60. The minimum absolute atomic E-state index is 0.0591. The SMILES string of the molecule is CF.COc1cccc2[nH]c(C(=O)N[C@H](C(=O)N3C[C@@H](C)C(C)(C)[C@H]3C(=O)N[C@@H](C[C@@H]3CCNC3=O)C(=O)CO)C(C)(C)C)cc12. The number of alkyl halides is 1. The molecule has 1 aromatic carbocycles. The highest BCUT2D eigenvalue weighted by Crippen LogP contribution is 2.42. The number of fused-ring (bicyclic) bond motifs is 1. The third-order valence-corrected chi connectivity index (χ3v) is 9.31. The molecule has 0 aliphatic carbocycles. The molecule has 4 amide bonds. The van der Waals surface area contributed by atoms with Crippen molar-refractivity contribution in [2.45, 2.75) is 72.5 Å². The second-order valence-electron chi connectivity index (χ2n) is 13.7. The fourth-order valence-corrected chi connectivity index (χ4v) is 6.24. The van der Waals surface area contributed by atoms with Crippen LogP contribution in [0, 0.1) is 22.7 Å². The first-order valence-electron chi connectivity index (χ1n) is 15.5. The van der Waals surface area contributed by atoms with Crippen molar-refractivity contribution in [3.8, 4) is 5.75 Å². The van der Waals surface area contributed by atoms with Crippen LogP contribution in [0.5, 0.6) is 5.75 Å².